The van der Waals surface area contributed by atoms with Gasteiger partial charge in [-0.05, 0) is 25.9 Å². The molecule has 0 aromatic carbocycles. The van der Waals surface area contributed by atoms with Gasteiger partial charge in [-0.2, -0.15) is 0 Å². The van der Waals surface area contributed by atoms with Gasteiger partial charge < -0.3 is 16.2 Å². The summed E-state index contributed by atoms with van der Waals surface area (Å²) in [5.74, 6) is -1.90. The Morgan fingerprint density at radius 2 is 2.05 bits per heavy atom. The van der Waals surface area contributed by atoms with Crippen molar-refractivity contribution in [1.29, 1.82) is 0 Å². The largest absolute Gasteiger partial charge is 0.476 e. The third-order valence-electron chi connectivity index (χ3n) is 3.26. The number of aromatic carboxylic acids is 1. The second-order valence-electron chi connectivity index (χ2n) is 4.72. The van der Waals surface area contributed by atoms with E-state index in [9.17, 15) is 19.5 Å². The summed E-state index contributed by atoms with van der Waals surface area (Å²) < 4.78 is 1.22. The average Bonchev–Trinajstić information content (AvgIpc) is 2.82. The van der Waals surface area contributed by atoms with Crippen molar-refractivity contribution < 1.29 is 19.5 Å². The molecule has 10 nitrogen and oxygen atoms in total. The molecule has 114 valence electrons. The zero-order valence-electron chi connectivity index (χ0n) is 11.2. The molecule has 1 aliphatic heterocycles. The number of imide groups is 1. The van der Waals surface area contributed by atoms with E-state index in [0.717, 1.165) is 25.9 Å². The van der Waals surface area contributed by atoms with E-state index in [-0.39, 0.29) is 18.2 Å². The van der Waals surface area contributed by atoms with E-state index in [2.05, 4.69) is 15.6 Å². The predicted octanol–water partition coefficient (Wildman–Crippen LogP) is -1.36. The summed E-state index contributed by atoms with van der Waals surface area (Å²) in [6, 6.07) is -0.970. The lowest BCUT2D eigenvalue weighted by molar-refractivity contribution is -0.120. The van der Waals surface area contributed by atoms with Crippen molar-refractivity contribution in [1.82, 2.24) is 25.6 Å². The molecule has 1 aliphatic rings. The molecule has 1 aromatic heterocycles. The fourth-order valence-electron chi connectivity index (χ4n) is 2.40. The van der Waals surface area contributed by atoms with Crippen molar-refractivity contribution in [3.05, 3.63) is 11.4 Å². The quantitative estimate of drug-likeness (QED) is 0.535. The predicted molar refractivity (Wildman–Crippen MR) is 69.6 cm³/mol. The second-order valence-corrected chi connectivity index (χ2v) is 4.72. The van der Waals surface area contributed by atoms with Gasteiger partial charge in [0.25, 0.3) is 0 Å². The minimum atomic E-state index is -1.19. The molecular formula is C11H16N6O4. The molecule has 1 saturated heterocycles. The summed E-state index contributed by atoms with van der Waals surface area (Å²) >= 11 is 0. The number of carbonyl (C=O) groups is 3. The summed E-state index contributed by atoms with van der Waals surface area (Å²) in [4.78, 5) is 33.5. The lowest BCUT2D eigenvalue weighted by Gasteiger charge is -2.23. The van der Waals surface area contributed by atoms with Gasteiger partial charge in [-0.1, -0.05) is 5.21 Å². The molecule has 10 heteroatoms. The number of hydrogen-bond acceptors (Lipinski definition) is 6. The van der Waals surface area contributed by atoms with Crippen LogP contribution in [0.5, 0.6) is 0 Å². The standard InChI is InChI=1S/C11H16N6O4/c12-11(21)14-7(18)5-17-9(6-1-3-13-4-2-6)8(10(19)20)15-16-17/h6,13H,1-5H2,(H,19,20)(H3,12,14,18,21). The van der Waals surface area contributed by atoms with Crippen LogP contribution in [0.25, 0.3) is 0 Å². The number of hydrogen-bond donors (Lipinski definition) is 4. The number of urea groups is 1. The van der Waals surface area contributed by atoms with Crippen LogP contribution in [0.3, 0.4) is 0 Å². The Morgan fingerprint density at radius 3 is 2.62 bits per heavy atom. The number of carboxylic acids is 1. The lowest BCUT2D eigenvalue weighted by atomic mass is 9.93. The third kappa shape index (κ3) is 3.54. The van der Waals surface area contributed by atoms with Crippen LogP contribution in [-0.2, 0) is 11.3 Å². The van der Waals surface area contributed by atoms with Gasteiger partial charge in [0, 0.05) is 5.92 Å². The van der Waals surface area contributed by atoms with Gasteiger partial charge in [-0.3, -0.25) is 10.1 Å². The lowest BCUT2D eigenvalue weighted by Crippen LogP contribution is -2.38. The maximum Gasteiger partial charge on any atom is 0.358 e. The van der Waals surface area contributed by atoms with Gasteiger partial charge in [0.15, 0.2) is 5.69 Å². The molecule has 0 aliphatic carbocycles. The van der Waals surface area contributed by atoms with Gasteiger partial charge in [-0.25, -0.2) is 14.3 Å². The van der Waals surface area contributed by atoms with Crippen LogP contribution in [0.2, 0.25) is 0 Å². The first kappa shape index (κ1) is 14.9. The highest BCUT2D eigenvalue weighted by molar-refractivity contribution is 5.93. The van der Waals surface area contributed by atoms with Crippen LogP contribution in [0.1, 0.15) is 34.9 Å². The zero-order valence-corrected chi connectivity index (χ0v) is 11.2. The molecule has 0 unspecified atom stereocenters. The van der Waals surface area contributed by atoms with Crippen LogP contribution in [-0.4, -0.2) is 51.1 Å². The van der Waals surface area contributed by atoms with Crippen molar-refractivity contribution in [2.75, 3.05) is 13.1 Å². The van der Waals surface area contributed by atoms with Crippen molar-refractivity contribution in [3.8, 4) is 0 Å². The molecule has 0 radical (unpaired) electrons. The van der Waals surface area contributed by atoms with Crippen LogP contribution >= 0.6 is 0 Å². The van der Waals surface area contributed by atoms with Crippen LogP contribution in [0.4, 0.5) is 4.79 Å². The SMILES string of the molecule is NC(=O)NC(=O)Cn1nnc(C(=O)O)c1C1CCNCC1. The summed E-state index contributed by atoms with van der Waals surface area (Å²) in [6.07, 6.45) is 1.45. The summed E-state index contributed by atoms with van der Waals surface area (Å²) in [6.45, 7) is 1.20. The molecule has 3 amide bonds. The minimum absolute atomic E-state index is 0.0475. The first-order valence-electron chi connectivity index (χ1n) is 6.45. The van der Waals surface area contributed by atoms with Crippen LogP contribution in [0, 0.1) is 0 Å². The molecule has 5 N–H and O–H groups in total. The van der Waals surface area contributed by atoms with Crippen molar-refractivity contribution in [2.24, 2.45) is 5.73 Å². The van der Waals surface area contributed by atoms with Crippen molar-refractivity contribution in [2.45, 2.75) is 25.3 Å². The number of primary amides is 1. The minimum Gasteiger partial charge on any atom is -0.476 e. The van der Waals surface area contributed by atoms with Gasteiger partial charge in [0.1, 0.15) is 6.54 Å². The normalized spacial score (nSPS) is 15.6. The molecule has 21 heavy (non-hydrogen) atoms. The molecular weight excluding hydrogens is 280 g/mol. The van der Waals surface area contributed by atoms with E-state index in [4.69, 9.17) is 5.73 Å². The smallest absolute Gasteiger partial charge is 0.358 e. The summed E-state index contributed by atoms with van der Waals surface area (Å²) in [5, 5.41) is 21.6. The number of aromatic nitrogens is 3. The highest BCUT2D eigenvalue weighted by Gasteiger charge is 2.28. The number of nitrogens with one attached hydrogen (secondary N) is 2. The van der Waals surface area contributed by atoms with Gasteiger partial charge in [-0.15, -0.1) is 5.10 Å². The maximum atomic E-state index is 11.6. The maximum absolute atomic E-state index is 11.6. The molecule has 0 bridgehead atoms. The van der Waals surface area contributed by atoms with Gasteiger partial charge >= 0.3 is 12.0 Å². The molecule has 0 spiro atoms. The summed E-state index contributed by atoms with van der Waals surface area (Å²) in [7, 11) is 0. The van der Waals surface area contributed by atoms with Crippen molar-refractivity contribution >= 4 is 17.9 Å². The fraction of sp³-hybridized carbons (Fsp3) is 0.545. The number of rotatable bonds is 4. The van der Waals surface area contributed by atoms with Crippen molar-refractivity contribution in [3.63, 3.8) is 0 Å². The number of amides is 3. The number of nitrogens with zero attached hydrogens (tertiary/aromatic N) is 3. The van der Waals surface area contributed by atoms with Gasteiger partial charge in [0.2, 0.25) is 5.91 Å². The Kier molecular flexibility index (Phi) is 4.48. The number of nitrogens with two attached hydrogens (primary N) is 1. The number of carboxylic acid groups (broad SMARTS) is 1. The Labute approximate surface area is 119 Å². The van der Waals surface area contributed by atoms with Crippen LogP contribution < -0.4 is 16.4 Å². The fourth-order valence-corrected chi connectivity index (χ4v) is 2.40. The molecule has 2 rings (SSSR count). The monoisotopic (exact) mass is 296 g/mol. The van der Waals surface area contributed by atoms with E-state index in [1.165, 1.54) is 4.68 Å². The number of piperidine rings is 1. The van der Waals surface area contributed by atoms with Gasteiger partial charge in [0.05, 0.1) is 5.69 Å². The number of carbonyl (C=O) groups excluding carboxylic acids is 2. The molecule has 2 heterocycles. The second kappa shape index (κ2) is 6.31. The first-order valence-corrected chi connectivity index (χ1v) is 6.45. The first-order chi connectivity index (χ1) is 9.99. The Hall–Kier alpha value is -2.49. The highest BCUT2D eigenvalue weighted by Crippen LogP contribution is 2.27. The molecule has 1 aromatic rings. The van der Waals surface area contributed by atoms with E-state index < -0.39 is 17.9 Å². The zero-order chi connectivity index (χ0) is 15.4. The van der Waals surface area contributed by atoms with E-state index in [0.29, 0.717) is 5.69 Å². The summed E-state index contributed by atoms with van der Waals surface area (Å²) in [5.41, 5.74) is 5.11. The average molecular weight is 296 g/mol. The van der Waals surface area contributed by atoms with E-state index in [1.807, 2.05) is 5.32 Å². The molecule has 0 atom stereocenters. The van der Waals surface area contributed by atoms with Crippen LogP contribution in [0.15, 0.2) is 0 Å². The Balaban J connectivity index is 2.26. The van der Waals surface area contributed by atoms with E-state index in [1.54, 1.807) is 0 Å². The molecule has 0 saturated carbocycles. The third-order valence-corrected chi connectivity index (χ3v) is 3.26. The highest BCUT2D eigenvalue weighted by atomic mass is 16.4. The Morgan fingerprint density at radius 1 is 1.38 bits per heavy atom. The topological polar surface area (TPSA) is 152 Å². The Bertz CT molecular complexity index is 563. The molecule has 1 fully saturated rings. The van der Waals surface area contributed by atoms with E-state index >= 15 is 0 Å².